The van der Waals surface area contributed by atoms with Gasteiger partial charge in [0.05, 0.1) is 0 Å². The van der Waals surface area contributed by atoms with Crippen molar-refractivity contribution in [1.82, 2.24) is 9.97 Å². The van der Waals surface area contributed by atoms with Gasteiger partial charge < -0.3 is 0 Å². The summed E-state index contributed by atoms with van der Waals surface area (Å²) in [5.74, 6) is 0. The maximum atomic E-state index is 12.1. The van der Waals surface area contributed by atoms with Gasteiger partial charge in [0.2, 0.25) is 0 Å². The molecule has 0 saturated carbocycles. The second-order valence-electron chi connectivity index (χ2n) is 1.99. The number of hydrogen-bond donors (Lipinski definition) is 0. The predicted octanol–water partition coefficient (Wildman–Crippen LogP) is 2.02. The van der Waals surface area contributed by atoms with E-state index in [2.05, 4.69) is 9.97 Å². The van der Waals surface area contributed by atoms with Gasteiger partial charge in [-0.05, 0) is 0 Å². The van der Waals surface area contributed by atoms with E-state index in [1.54, 1.807) is 0 Å². The van der Waals surface area contributed by atoms with Gasteiger partial charge in [-0.1, -0.05) is 11.6 Å². The van der Waals surface area contributed by atoms with E-state index < -0.39 is 22.6 Å². The molecule has 1 heterocycles. The highest BCUT2D eigenvalue weighted by Crippen LogP contribution is 2.33. The maximum absolute atomic E-state index is 12.1. The van der Waals surface area contributed by atoms with Gasteiger partial charge in [-0.2, -0.15) is 18.4 Å². The SMILES string of the molecule is N#Cc1ncnc(C(F)(F)F)c1Cl. The van der Waals surface area contributed by atoms with Crippen molar-refractivity contribution >= 4 is 11.6 Å². The smallest absolute Gasteiger partial charge is 0.230 e. The number of hydrogen-bond acceptors (Lipinski definition) is 3. The van der Waals surface area contributed by atoms with E-state index in [9.17, 15) is 13.2 Å². The highest BCUT2D eigenvalue weighted by atomic mass is 35.5. The maximum Gasteiger partial charge on any atom is 0.435 e. The summed E-state index contributed by atoms with van der Waals surface area (Å²) < 4.78 is 36.2. The number of halogens is 4. The van der Waals surface area contributed by atoms with Crippen molar-refractivity contribution in [2.75, 3.05) is 0 Å². The Bertz CT molecular complexity index is 368. The van der Waals surface area contributed by atoms with E-state index in [-0.39, 0.29) is 0 Å². The Labute approximate surface area is 75.8 Å². The molecule has 0 atom stereocenters. The topological polar surface area (TPSA) is 49.6 Å². The molecule has 0 bridgehead atoms. The Morgan fingerprint density at radius 1 is 1.38 bits per heavy atom. The Kier molecular flexibility index (Phi) is 2.38. The van der Waals surface area contributed by atoms with Crippen LogP contribution < -0.4 is 0 Å². The minimum absolute atomic E-state index is 0.482. The van der Waals surface area contributed by atoms with Gasteiger partial charge >= 0.3 is 6.18 Å². The summed E-state index contributed by atoms with van der Waals surface area (Å²) in [5, 5.41) is 7.55. The van der Waals surface area contributed by atoms with Crippen LogP contribution in [0.4, 0.5) is 13.2 Å². The zero-order valence-corrected chi connectivity index (χ0v) is 6.69. The molecular weight excluding hydrogens is 207 g/mol. The van der Waals surface area contributed by atoms with Crippen LogP contribution >= 0.6 is 11.6 Å². The first-order valence-electron chi connectivity index (χ1n) is 2.94. The second-order valence-corrected chi connectivity index (χ2v) is 2.37. The lowest BCUT2D eigenvalue weighted by molar-refractivity contribution is -0.141. The van der Waals surface area contributed by atoms with Crippen LogP contribution in [0.3, 0.4) is 0 Å². The Morgan fingerprint density at radius 2 is 2.00 bits per heavy atom. The Morgan fingerprint density at radius 3 is 2.46 bits per heavy atom. The molecule has 0 N–H and O–H groups in total. The predicted molar refractivity (Wildman–Crippen MR) is 36.8 cm³/mol. The zero-order chi connectivity index (χ0) is 10.1. The fourth-order valence-corrected chi connectivity index (χ4v) is 0.892. The molecular formula is C6HClF3N3. The van der Waals surface area contributed by atoms with Crippen molar-refractivity contribution in [1.29, 1.82) is 5.26 Å². The van der Waals surface area contributed by atoms with E-state index in [0.717, 1.165) is 0 Å². The Balaban J connectivity index is 3.34. The molecule has 0 aliphatic heterocycles. The van der Waals surface area contributed by atoms with Crippen LogP contribution in [0.1, 0.15) is 11.4 Å². The van der Waals surface area contributed by atoms with E-state index in [1.165, 1.54) is 6.07 Å². The number of nitrogens with zero attached hydrogens (tertiary/aromatic N) is 3. The molecule has 68 valence electrons. The lowest BCUT2D eigenvalue weighted by atomic mass is 10.3. The van der Waals surface area contributed by atoms with Crippen molar-refractivity contribution in [3.63, 3.8) is 0 Å². The molecule has 3 nitrogen and oxygen atoms in total. The summed E-state index contributed by atoms with van der Waals surface area (Å²) in [6.07, 6.45) is -4.02. The number of aromatic nitrogens is 2. The fourth-order valence-electron chi connectivity index (χ4n) is 0.645. The van der Waals surface area contributed by atoms with Crippen molar-refractivity contribution in [3.8, 4) is 6.07 Å². The van der Waals surface area contributed by atoms with Gasteiger partial charge in [-0.15, -0.1) is 0 Å². The van der Waals surface area contributed by atoms with E-state index >= 15 is 0 Å². The molecule has 0 spiro atoms. The van der Waals surface area contributed by atoms with Crippen LogP contribution in [0.2, 0.25) is 5.02 Å². The average molecular weight is 208 g/mol. The molecule has 0 unspecified atom stereocenters. The third-order valence-corrected chi connectivity index (χ3v) is 1.52. The largest absolute Gasteiger partial charge is 0.435 e. The third-order valence-electron chi connectivity index (χ3n) is 1.16. The molecule has 0 aliphatic carbocycles. The molecule has 1 aromatic heterocycles. The molecule has 1 aromatic rings. The van der Waals surface area contributed by atoms with E-state index in [1.807, 2.05) is 0 Å². The minimum Gasteiger partial charge on any atom is -0.230 e. The summed E-state index contributed by atoms with van der Waals surface area (Å²) >= 11 is 5.23. The number of alkyl halides is 3. The number of nitriles is 1. The van der Waals surface area contributed by atoms with Crippen LogP contribution in [0.15, 0.2) is 6.33 Å². The molecule has 0 fully saturated rings. The molecule has 0 amide bonds. The summed E-state index contributed by atoms with van der Waals surface area (Å²) in [4.78, 5) is 6.21. The second kappa shape index (κ2) is 3.18. The molecule has 0 aliphatic rings. The van der Waals surface area contributed by atoms with Gasteiger partial charge in [0.1, 0.15) is 17.4 Å². The van der Waals surface area contributed by atoms with E-state index in [0.29, 0.717) is 6.33 Å². The first-order chi connectivity index (χ1) is 5.96. The third kappa shape index (κ3) is 1.87. The number of rotatable bonds is 0. The molecule has 0 aromatic carbocycles. The first-order valence-corrected chi connectivity index (χ1v) is 3.32. The molecule has 1 rings (SSSR count). The van der Waals surface area contributed by atoms with Crippen LogP contribution in [0.5, 0.6) is 0 Å². The highest BCUT2D eigenvalue weighted by Gasteiger charge is 2.36. The summed E-state index contributed by atoms with van der Waals surface area (Å²) in [7, 11) is 0. The van der Waals surface area contributed by atoms with Crippen molar-refractivity contribution in [3.05, 3.63) is 22.7 Å². The fraction of sp³-hybridized carbons (Fsp3) is 0.167. The zero-order valence-electron chi connectivity index (χ0n) is 5.93. The van der Waals surface area contributed by atoms with Gasteiger partial charge in [0, 0.05) is 0 Å². The average Bonchev–Trinajstić information content (AvgIpc) is 2.02. The van der Waals surface area contributed by atoms with Crippen molar-refractivity contribution in [2.24, 2.45) is 0 Å². The van der Waals surface area contributed by atoms with Crippen LogP contribution in [0.25, 0.3) is 0 Å². The first kappa shape index (κ1) is 9.74. The molecule has 7 heteroatoms. The van der Waals surface area contributed by atoms with Crippen LogP contribution in [-0.4, -0.2) is 9.97 Å². The molecule has 13 heavy (non-hydrogen) atoms. The summed E-state index contributed by atoms with van der Waals surface area (Å²) in [6, 6.07) is 1.42. The van der Waals surface area contributed by atoms with Crippen molar-refractivity contribution < 1.29 is 13.2 Å². The lowest BCUT2D eigenvalue weighted by Crippen LogP contribution is -2.10. The van der Waals surface area contributed by atoms with Crippen LogP contribution in [0, 0.1) is 11.3 Å². The summed E-state index contributed by atoms with van der Waals surface area (Å²) in [6.45, 7) is 0. The van der Waals surface area contributed by atoms with Gasteiger partial charge in [-0.25, -0.2) is 9.97 Å². The minimum atomic E-state index is -4.66. The lowest BCUT2D eigenvalue weighted by Gasteiger charge is -2.06. The van der Waals surface area contributed by atoms with Crippen molar-refractivity contribution in [2.45, 2.75) is 6.18 Å². The quantitative estimate of drug-likeness (QED) is 0.654. The summed E-state index contributed by atoms with van der Waals surface area (Å²) in [5.41, 5.74) is -1.77. The van der Waals surface area contributed by atoms with Gasteiger partial charge in [0.25, 0.3) is 0 Å². The van der Waals surface area contributed by atoms with Gasteiger partial charge in [0.15, 0.2) is 11.4 Å². The molecule has 0 saturated heterocycles. The van der Waals surface area contributed by atoms with E-state index in [4.69, 9.17) is 16.9 Å². The van der Waals surface area contributed by atoms with Crippen LogP contribution in [-0.2, 0) is 6.18 Å². The van der Waals surface area contributed by atoms with Gasteiger partial charge in [-0.3, -0.25) is 0 Å². The highest BCUT2D eigenvalue weighted by molar-refractivity contribution is 6.32. The Hall–Kier alpha value is -1.35. The standard InChI is InChI=1S/C6HClF3N3/c7-4-3(1-11)12-2-13-5(4)6(8,9)10/h2H. The monoisotopic (exact) mass is 207 g/mol. The normalized spacial score (nSPS) is 11.0. The molecule has 0 radical (unpaired) electrons.